The van der Waals surface area contributed by atoms with Crippen LogP contribution in [0.3, 0.4) is 0 Å². The van der Waals surface area contributed by atoms with Gasteiger partial charge in [0.2, 0.25) is 5.91 Å². The summed E-state index contributed by atoms with van der Waals surface area (Å²) in [6.07, 6.45) is 4.01. The van der Waals surface area contributed by atoms with Crippen molar-refractivity contribution in [3.05, 3.63) is 21.5 Å². The van der Waals surface area contributed by atoms with E-state index in [1.165, 1.54) is 19.3 Å². The predicted molar refractivity (Wildman–Crippen MR) is 78.0 cm³/mol. The van der Waals surface area contributed by atoms with Crippen LogP contribution < -0.4 is 0 Å². The Morgan fingerprint density at radius 2 is 2.14 bits per heavy atom. The summed E-state index contributed by atoms with van der Waals surface area (Å²) >= 11 is 0. The molecule has 0 atom stereocenters. The average Bonchev–Trinajstić information content (AvgIpc) is 2.65. The molecule has 1 amide bonds. The smallest absolute Gasteiger partial charge is 0.312 e. The molecule has 0 unspecified atom stereocenters. The first-order valence-electron chi connectivity index (χ1n) is 7.32. The molecule has 7 heteroatoms. The molecule has 0 aliphatic heterocycles. The maximum atomic E-state index is 12.1. The molecule has 2 rings (SSSR count). The fourth-order valence-corrected chi connectivity index (χ4v) is 2.73. The Balaban J connectivity index is 1.91. The Bertz CT molecular complexity index is 549. The monoisotopic (exact) mass is 294 g/mol. The highest BCUT2D eigenvalue weighted by atomic mass is 16.6. The molecular weight excluding hydrogens is 272 g/mol. The van der Waals surface area contributed by atoms with Crippen molar-refractivity contribution < 1.29 is 9.72 Å². The molecule has 7 nitrogen and oxygen atoms in total. The summed E-state index contributed by atoms with van der Waals surface area (Å²) in [5, 5.41) is 15.1. The summed E-state index contributed by atoms with van der Waals surface area (Å²) in [6, 6.07) is 0. The van der Waals surface area contributed by atoms with Crippen molar-refractivity contribution in [3.8, 4) is 0 Å². The van der Waals surface area contributed by atoms with Gasteiger partial charge < -0.3 is 4.90 Å². The largest absolute Gasteiger partial charge is 0.345 e. The summed E-state index contributed by atoms with van der Waals surface area (Å²) in [5.41, 5.74) is 0.949. The first-order valence-corrected chi connectivity index (χ1v) is 7.32. The van der Waals surface area contributed by atoms with Gasteiger partial charge in [0.1, 0.15) is 11.4 Å². The molecule has 1 fully saturated rings. The number of nitrogens with zero attached hydrogens (tertiary/aromatic N) is 4. The fourth-order valence-electron chi connectivity index (χ4n) is 2.73. The Labute approximate surface area is 124 Å². The highest BCUT2D eigenvalue weighted by Gasteiger charge is 2.23. The quantitative estimate of drug-likeness (QED) is 0.594. The lowest BCUT2D eigenvalue weighted by atomic mass is 9.85. The third-order valence-corrected chi connectivity index (χ3v) is 4.25. The van der Waals surface area contributed by atoms with Gasteiger partial charge in [-0.15, -0.1) is 0 Å². The van der Waals surface area contributed by atoms with Crippen LogP contribution in [0.25, 0.3) is 0 Å². The number of rotatable bonds is 6. The SMILES string of the molecule is Cc1nn(CCC(=O)N(C)CC2CCC2)c(C)c1[N+](=O)[O-]. The molecule has 0 saturated heterocycles. The van der Waals surface area contributed by atoms with Gasteiger partial charge in [0.15, 0.2) is 0 Å². The number of amides is 1. The highest BCUT2D eigenvalue weighted by molar-refractivity contribution is 5.75. The van der Waals surface area contributed by atoms with Gasteiger partial charge in [-0.25, -0.2) is 0 Å². The molecule has 0 radical (unpaired) electrons. The molecule has 1 heterocycles. The summed E-state index contributed by atoms with van der Waals surface area (Å²) in [7, 11) is 1.82. The van der Waals surface area contributed by atoms with Gasteiger partial charge in [-0.1, -0.05) is 6.42 Å². The average molecular weight is 294 g/mol. The van der Waals surface area contributed by atoms with Gasteiger partial charge in [0.05, 0.1) is 11.5 Å². The van der Waals surface area contributed by atoms with E-state index < -0.39 is 4.92 Å². The zero-order chi connectivity index (χ0) is 15.6. The molecule has 1 saturated carbocycles. The van der Waals surface area contributed by atoms with Crippen LogP contribution in [0.1, 0.15) is 37.1 Å². The fraction of sp³-hybridized carbons (Fsp3) is 0.714. The van der Waals surface area contributed by atoms with E-state index in [0.29, 0.717) is 30.3 Å². The third kappa shape index (κ3) is 3.40. The van der Waals surface area contributed by atoms with Crippen molar-refractivity contribution >= 4 is 11.6 Å². The lowest BCUT2D eigenvalue weighted by molar-refractivity contribution is -0.386. The molecule has 0 bridgehead atoms. The second kappa shape index (κ2) is 6.24. The van der Waals surface area contributed by atoms with Crippen molar-refractivity contribution in [2.45, 2.75) is 46.1 Å². The number of carbonyl (C=O) groups excluding carboxylic acids is 1. The number of hydrogen-bond donors (Lipinski definition) is 0. The van der Waals surface area contributed by atoms with Crippen LogP contribution >= 0.6 is 0 Å². The highest BCUT2D eigenvalue weighted by Crippen LogP contribution is 2.27. The zero-order valence-corrected chi connectivity index (χ0v) is 12.8. The van der Waals surface area contributed by atoms with Gasteiger partial charge in [0.25, 0.3) is 0 Å². The molecule has 0 N–H and O–H groups in total. The number of nitro groups is 1. The van der Waals surface area contributed by atoms with Crippen LogP contribution in [-0.4, -0.2) is 39.1 Å². The van der Waals surface area contributed by atoms with Gasteiger partial charge in [-0.3, -0.25) is 19.6 Å². The van der Waals surface area contributed by atoms with Crippen LogP contribution in [0.15, 0.2) is 0 Å². The standard InChI is InChI=1S/C14H22N4O3/c1-10-14(18(20)21)11(2)17(15-10)8-7-13(19)16(3)9-12-5-4-6-12/h12H,4-9H2,1-3H3. The maximum Gasteiger partial charge on any atom is 0.312 e. The zero-order valence-electron chi connectivity index (χ0n) is 12.8. The number of aromatic nitrogens is 2. The first kappa shape index (κ1) is 15.5. The van der Waals surface area contributed by atoms with Crippen LogP contribution in [0.2, 0.25) is 0 Å². The predicted octanol–water partition coefficient (Wildman–Crippen LogP) is 2.06. The Hall–Kier alpha value is -1.92. The van der Waals surface area contributed by atoms with Crippen LogP contribution in [-0.2, 0) is 11.3 Å². The minimum absolute atomic E-state index is 0.0465. The molecular formula is C14H22N4O3. The van der Waals surface area contributed by atoms with Crippen LogP contribution in [0.5, 0.6) is 0 Å². The van der Waals surface area contributed by atoms with E-state index in [-0.39, 0.29) is 11.6 Å². The molecule has 1 aromatic heterocycles. The van der Waals surface area contributed by atoms with Crippen LogP contribution in [0.4, 0.5) is 5.69 Å². The van der Waals surface area contributed by atoms with Gasteiger partial charge >= 0.3 is 5.69 Å². The second-order valence-electron chi connectivity index (χ2n) is 5.82. The normalized spacial score (nSPS) is 14.8. The molecule has 21 heavy (non-hydrogen) atoms. The molecule has 1 aliphatic rings. The molecule has 0 spiro atoms. The van der Waals surface area contributed by atoms with E-state index in [2.05, 4.69) is 5.10 Å². The van der Waals surface area contributed by atoms with Crippen molar-refractivity contribution in [1.29, 1.82) is 0 Å². The molecule has 0 aromatic carbocycles. The lowest BCUT2D eigenvalue weighted by Crippen LogP contribution is -2.34. The minimum Gasteiger partial charge on any atom is -0.345 e. The number of aryl methyl sites for hydroxylation is 2. The topological polar surface area (TPSA) is 81.3 Å². The Kier molecular flexibility index (Phi) is 4.59. The Morgan fingerprint density at radius 1 is 1.48 bits per heavy atom. The molecule has 116 valence electrons. The summed E-state index contributed by atoms with van der Waals surface area (Å²) in [5.74, 6) is 0.714. The van der Waals surface area contributed by atoms with Crippen molar-refractivity contribution in [1.82, 2.24) is 14.7 Å². The van der Waals surface area contributed by atoms with E-state index in [0.717, 1.165) is 6.54 Å². The van der Waals surface area contributed by atoms with Crippen molar-refractivity contribution in [2.75, 3.05) is 13.6 Å². The summed E-state index contributed by atoms with van der Waals surface area (Å²) < 4.78 is 1.56. The minimum atomic E-state index is -0.418. The van der Waals surface area contributed by atoms with Gasteiger partial charge in [0, 0.05) is 20.0 Å². The van der Waals surface area contributed by atoms with Gasteiger partial charge in [-0.05, 0) is 32.6 Å². The van der Waals surface area contributed by atoms with E-state index in [9.17, 15) is 14.9 Å². The lowest BCUT2D eigenvalue weighted by Gasteiger charge is -2.30. The van der Waals surface area contributed by atoms with Gasteiger partial charge in [-0.2, -0.15) is 5.10 Å². The molecule has 1 aromatic rings. The number of carbonyl (C=O) groups is 1. The third-order valence-electron chi connectivity index (χ3n) is 4.25. The molecule has 1 aliphatic carbocycles. The second-order valence-corrected chi connectivity index (χ2v) is 5.82. The van der Waals surface area contributed by atoms with E-state index >= 15 is 0 Å². The van der Waals surface area contributed by atoms with Crippen molar-refractivity contribution in [2.24, 2.45) is 5.92 Å². The van der Waals surface area contributed by atoms with E-state index in [1.807, 2.05) is 7.05 Å². The summed E-state index contributed by atoms with van der Waals surface area (Å²) in [6.45, 7) is 4.48. The summed E-state index contributed by atoms with van der Waals surface area (Å²) in [4.78, 5) is 24.4. The Morgan fingerprint density at radius 3 is 2.62 bits per heavy atom. The number of hydrogen-bond acceptors (Lipinski definition) is 4. The maximum absolute atomic E-state index is 12.1. The first-order chi connectivity index (χ1) is 9.90. The van der Waals surface area contributed by atoms with Crippen molar-refractivity contribution in [3.63, 3.8) is 0 Å². The van der Waals surface area contributed by atoms with Crippen LogP contribution in [0, 0.1) is 29.9 Å². The van der Waals surface area contributed by atoms with E-state index in [4.69, 9.17) is 0 Å². The van der Waals surface area contributed by atoms with E-state index in [1.54, 1.807) is 23.4 Å².